The van der Waals surface area contributed by atoms with Crippen molar-refractivity contribution >= 4 is 21.8 Å². The molecule has 0 aliphatic carbocycles. The van der Waals surface area contributed by atoms with Crippen molar-refractivity contribution in [2.75, 3.05) is 14.2 Å². The minimum atomic E-state index is -0.491. The average molecular weight is 261 g/mol. The van der Waals surface area contributed by atoms with Crippen molar-refractivity contribution in [3.05, 3.63) is 32.7 Å². The van der Waals surface area contributed by atoms with Crippen LogP contribution < -0.4 is 5.56 Å². The Labute approximate surface area is 88.8 Å². The van der Waals surface area contributed by atoms with E-state index < -0.39 is 11.5 Å². The van der Waals surface area contributed by atoms with E-state index in [2.05, 4.69) is 25.8 Å². The van der Waals surface area contributed by atoms with Gasteiger partial charge in [-0.25, -0.2) is 5.06 Å². The topological polar surface area (TPSA) is 62.4 Å². The quantitative estimate of drug-likeness (QED) is 0.800. The van der Waals surface area contributed by atoms with E-state index in [-0.39, 0.29) is 5.56 Å². The van der Waals surface area contributed by atoms with Crippen molar-refractivity contribution in [2.24, 2.45) is 0 Å². The molecule has 0 aromatic carbocycles. The van der Waals surface area contributed by atoms with Crippen molar-refractivity contribution in [1.29, 1.82) is 0 Å². The van der Waals surface area contributed by atoms with Gasteiger partial charge >= 0.3 is 0 Å². The molecule has 1 aromatic rings. The van der Waals surface area contributed by atoms with Crippen LogP contribution in [0.3, 0.4) is 0 Å². The van der Waals surface area contributed by atoms with Crippen LogP contribution in [0.5, 0.6) is 0 Å². The summed E-state index contributed by atoms with van der Waals surface area (Å²) in [5.41, 5.74) is -0.411. The zero-order valence-electron chi connectivity index (χ0n) is 7.70. The van der Waals surface area contributed by atoms with E-state index in [1.165, 1.54) is 26.4 Å². The lowest BCUT2D eigenvalue weighted by Gasteiger charge is -2.12. The molecule has 6 heteroatoms. The molecule has 1 N–H and O–H groups in total. The van der Waals surface area contributed by atoms with Gasteiger partial charge in [0, 0.05) is 17.7 Å². The number of hydrogen-bond donors (Lipinski definition) is 1. The first-order chi connectivity index (χ1) is 6.56. The third-order valence-corrected chi connectivity index (χ3v) is 2.12. The Balaban J connectivity index is 3.12. The highest BCUT2D eigenvalue weighted by atomic mass is 79.9. The van der Waals surface area contributed by atoms with Gasteiger partial charge in [-0.2, -0.15) is 0 Å². The van der Waals surface area contributed by atoms with Crippen LogP contribution in [0.2, 0.25) is 0 Å². The molecule has 0 radical (unpaired) electrons. The summed E-state index contributed by atoms with van der Waals surface area (Å²) >= 11 is 3.15. The van der Waals surface area contributed by atoms with Crippen LogP contribution >= 0.6 is 15.9 Å². The summed E-state index contributed by atoms with van der Waals surface area (Å²) in [5, 5.41) is 0.983. The number of amides is 1. The average Bonchev–Trinajstić information content (AvgIpc) is 2.19. The van der Waals surface area contributed by atoms with E-state index in [1.807, 2.05) is 0 Å². The van der Waals surface area contributed by atoms with Gasteiger partial charge in [-0.1, -0.05) is 0 Å². The highest BCUT2D eigenvalue weighted by Gasteiger charge is 2.15. The fraction of sp³-hybridized carbons (Fsp3) is 0.250. The van der Waals surface area contributed by atoms with Crippen LogP contribution in [0.25, 0.3) is 0 Å². The van der Waals surface area contributed by atoms with Gasteiger partial charge in [-0.05, 0) is 22.0 Å². The third kappa shape index (κ3) is 2.21. The molecule has 1 heterocycles. The molecule has 0 fully saturated rings. The van der Waals surface area contributed by atoms with Crippen molar-refractivity contribution in [3.63, 3.8) is 0 Å². The number of aromatic nitrogens is 1. The molecule has 0 aliphatic rings. The molecular weight excluding hydrogens is 252 g/mol. The zero-order valence-corrected chi connectivity index (χ0v) is 9.29. The van der Waals surface area contributed by atoms with Gasteiger partial charge in [0.05, 0.1) is 7.11 Å². The molecule has 0 atom stereocenters. The van der Waals surface area contributed by atoms with Gasteiger partial charge < -0.3 is 4.98 Å². The highest BCUT2D eigenvalue weighted by molar-refractivity contribution is 9.10. The molecule has 1 rings (SSSR count). The summed E-state index contributed by atoms with van der Waals surface area (Å²) in [6.45, 7) is 0. The van der Waals surface area contributed by atoms with Crippen molar-refractivity contribution in [2.45, 2.75) is 0 Å². The maximum atomic E-state index is 11.5. The van der Waals surface area contributed by atoms with E-state index in [0.717, 1.165) is 5.06 Å². The van der Waals surface area contributed by atoms with Gasteiger partial charge in [-0.15, -0.1) is 0 Å². The van der Waals surface area contributed by atoms with E-state index in [0.29, 0.717) is 4.47 Å². The second-order valence-electron chi connectivity index (χ2n) is 2.55. The molecule has 76 valence electrons. The number of aromatic amines is 1. The van der Waals surface area contributed by atoms with Gasteiger partial charge in [0.15, 0.2) is 0 Å². The summed E-state index contributed by atoms with van der Waals surface area (Å²) in [6.07, 6.45) is 1.46. The first-order valence-corrected chi connectivity index (χ1v) is 4.56. The van der Waals surface area contributed by atoms with Crippen molar-refractivity contribution in [3.8, 4) is 0 Å². The van der Waals surface area contributed by atoms with Gasteiger partial charge in [0.25, 0.3) is 11.5 Å². The van der Waals surface area contributed by atoms with Gasteiger partial charge in [-0.3, -0.25) is 14.4 Å². The second-order valence-corrected chi connectivity index (χ2v) is 3.46. The standard InChI is InChI=1S/C8H9BrN2O3/c1-11(14-2)8(13)6-3-5(9)4-10-7(6)12/h3-4H,1-2H3,(H,10,12). The molecular formula is C8H9BrN2O3. The molecule has 0 unspecified atom stereocenters. The Morgan fingerprint density at radius 3 is 2.86 bits per heavy atom. The largest absolute Gasteiger partial charge is 0.327 e. The number of hydrogen-bond acceptors (Lipinski definition) is 3. The molecule has 0 saturated carbocycles. The molecule has 1 amide bonds. The smallest absolute Gasteiger partial charge is 0.282 e. The first kappa shape index (κ1) is 10.9. The summed E-state index contributed by atoms with van der Waals surface area (Å²) in [6, 6.07) is 1.44. The molecule has 14 heavy (non-hydrogen) atoms. The molecule has 0 saturated heterocycles. The second kappa shape index (κ2) is 4.39. The number of halogens is 1. The predicted molar refractivity (Wildman–Crippen MR) is 53.9 cm³/mol. The lowest BCUT2D eigenvalue weighted by atomic mass is 10.2. The Hall–Kier alpha value is -1.14. The minimum Gasteiger partial charge on any atom is -0.327 e. The normalized spacial score (nSPS) is 9.93. The van der Waals surface area contributed by atoms with Crippen LogP contribution in [0.15, 0.2) is 21.5 Å². The number of nitrogens with zero attached hydrogens (tertiary/aromatic N) is 1. The maximum absolute atomic E-state index is 11.5. The van der Waals surface area contributed by atoms with E-state index in [1.54, 1.807) is 0 Å². The lowest BCUT2D eigenvalue weighted by molar-refractivity contribution is -0.0758. The van der Waals surface area contributed by atoms with Crippen molar-refractivity contribution < 1.29 is 9.63 Å². The fourth-order valence-electron chi connectivity index (χ4n) is 0.869. The fourth-order valence-corrected chi connectivity index (χ4v) is 1.21. The lowest BCUT2D eigenvalue weighted by Crippen LogP contribution is -2.30. The van der Waals surface area contributed by atoms with Crippen LogP contribution in [-0.2, 0) is 4.84 Å². The molecule has 5 nitrogen and oxygen atoms in total. The number of carbonyl (C=O) groups excluding carboxylic acids is 1. The summed E-state index contributed by atoms with van der Waals surface area (Å²) in [7, 11) is 2.78. The molecule has 1 aromatic heterocycles. The Bertz CT molecular complexity index is 402. The summed E-state index contributed by atoms with van der Waals surface area (Å²) < 4.78 is 0.630. The highest BCUT2D eigenvalue weighted by Crippen LogP contribution is 2.08. The van der Waals surface area contributed by atoms with Crippen LogP contribution in [0, 0.1) is 0 Å². The monoisotopic (exact) mass is 260 g/mol. The summed E-state index contributed by atoms with van der Waals surface area (Å²) in [5.74, 6) is -0.491. The SMILES string of the molecule is CON(C)C(=O)c1cc(Br)c[nH]c1=O. The Kier molecular flexibility index (Phi) is 3.43. The Morgan fingerprint density at radius 2 is 2.29 bits per heavy atom. The van der Waals surface area contributed by atoms with E-state index in [4.69, 9.17) is 0 Å². The van der Waals surface area contributed by atoms with Crippen LogP contribution in [0.4, 0.5) is 0 Å². The van der Waals surface area contributed by atoms with Gasteiger partial charge in [0.1, 0.15) is 5.56 Å². The third-order valence-electron chi connectivity index (χ3n) is 1.66. The maximum Gasteiger partial charge on any atom is 0.282 e. The predicted octanol–water partition coefficient (Wildman–Crippen LogP) is 0.771. The van der Waals surface area contributed by atoms with Crippen molar-refractivity contribution in [1.82, 2.24) is 10.0 Å². The van der Waals surface area contributed by atoms with Crippen LogP contribution in [-0.4, -0.2) is 30.1 Å². The summed E-state index contributed by atoms with van der Waals surface area (Å²) in [4.78, 5) is 29.9. The number of H-pyrrole nitrogens is 1. The molecule has 0 aliphatic heterocycles. The van der Waals surface area contributed by atoms with Crippen LogP contribution in [0.1, 0.15) is 10.4 Å². The first-order valence-electron chi connectivity index (χ1n) is 3.76. The number of pyridine rings is 1. The van der Waals surface area contributed by atoms with Gasteiger partial charge in [0.2, 0.25) is 0 Å². The minimum absolute atomic E-state index is 0.0312. The number of hydroxylamine groups is 2. The zero-order chi connectivity index (χ0) is 10.7. The van der Waals surface area contributed by atoms with E-state index in [9.17, 15) is 9.59 Å². The van der Waals surface area contributed by atoms with E-state index >= 15 is 0 Å². The number of carbonyl (C=O) groups is 1. The Morgan fingerprint density at radius 1 is 1.64 bits per heavy atom. The molecule has 0 bridgehead atoms. The molecule has 0 spiro atoms. The number of nitrogens with one attached hydrogen (secondary N) is 1. The number of rotatable bonds is 2.